The second-order valence-corrected chi connectivity index (χ2v) is 8.89. The van der Waals surface area contributed by atoms with Gasteiger partial charge in [0.25, 0.3) is 6.47 Å². The van der Waals surface area contributed by atoms with Crippen LogP contribution in [0.5, 0.6) is 0 Å². The topological polar surface area (TPSA) is 67.9 Å². The molecule has 0 atom stereocenters. The zero-order valence-corrected chi connectivity index (χ0v) is 19.3. The number of ether oxygens (including phenoxy) is 1. The summed E-state index contributed by atoms with van der Waals surface area (Å²) in [5.41, 5.74) is 8.46. The molecule has 5 aromatic rings. The summed E-state index contributed by atoms with van der Waals surface area (Å²) < 4.78 is 5.05. The lowest BCUT2D eigenvalue weighted by atomic mass is 10.0. The van der Waals surface area contributed by atoms with Gasteiger partial charge in [-0.1, -0.05) is 36.4 Å². The van der Waals surface area contributed by atoms with E-state index in [0.717, 1.165) is 60.1 Å². The van der Waals surface area contributed by atoms with Crippen molar-refractivity contribution < 1.29 is 9.53 Å². The number of aromatic amines is 1. The van der Waals surface area contributed by atoms with E-state index >= 15 is 0 Å². The molecule has 3 heterocycles. The van der Waals surface area contributed by atoms with Gasteiger partial charge in [-0.3, -0.25) is 9.78 Å². The minimum Gasteiger partial charge on any atom is -0.468 e. The Morgan fingerprint density at radius 1 is 1.00 bits per heavy atom. The van der Waals surface area contributed by atoms with Crippen LogP contribution in [0.4, 0.5) is 0 Å². The number of carbonyl (C=O) groups is 1. The van der Waals surface area contributed by atoms with E-state index in [1.54, 1.807) is 17.5 Å². The molecule has 6 heteroatoms. The summed E-state index contributed by atoms with van der Waals surface area (Å²) >= 11 is 1.70. The number of thiazole rings is 1. The Morgan fingerprint density at radius 3 is 2.64 bits per heavy atom. The highest BCUT2D eigenvalue weighted by Gasteiger charge is 2.18. The summed E-state index contributed by atoms with van der Waals surface area (Å²) in [7, 11) is 0. The predicted octanol–water partition coefficient (Wildman–Crippen LogP) is 6.35. The standard InChI is InChI=1S/C27H23N3O2S/c1-17-21(9-6-13-28-17)25-22(12-14-32-16-31)23-15-20(10-11-24(23)30-25)26-18(2)29-27(33-26)19-7-4-3-5-8-19/h3-11,13,15-16,30H,12,14H2,1-2H3. The second-order valence-electron chi connectivity index (χ2n) is 7.89. The Kier molecular flexibility index (Phi) is 5.75. The predicted molar refractivity (Wildman–Crippen MR) is 133 cm³/mol. The minimum atomic E-state index is 0.324. The summed E-state index contributed by atoms with van der Waals surface area (Å²) in [5.74, 6) is 0. The zero-order valence-electron chi connectivity index (χ0n) is 18.5. The smallest absolute Gasteiger partial charge is 0.293 e. The Morgan fingerprint density at radius 2 is 1.85 bits per heavy atom. The van der Waals surface area contributed by atoms with Crippen molar-refractivity contribution >= 4 is 28.7 Å². The van der Waals surface area contributed by atoms with E-state index < -0.39 is 0 Å². The van der Waals surface area contributed by atoms with E-state index in [0.29, 0.717) is 19.5 Å². The van der Waals surface area contributed by atoms with Crippen molar-refractivity contribution in [1.29, 1.82) is 0 Å². The molecule has 0 aliphatic heterocycles. The lowest BCUT2D eigenvalue weighted by Crippen LogP contribution is -1.98. The number of pyridine rings is 1. The van der Waals surface area contributed by atoms with Gasteiger partial charge in [0.15, 0.2) is 0 Å². The number of aryl methyl sites for hydroxylation is 2. The lowest BCUT2D eigenvalue weighted by Gasteiger charge is -2.07. The van der Waals surface area contributed by atoms with Crippen LogP contribution >= 0.6 is 11.3 Å². The maximum absolute atomic E-state index is 10.8. The first kappa shape index (κ1) is 21.1. The highest BCUT2D eigenvalue weighted by molar-refractivity contribution is 7.18. The molecule has 1 N–H and O–H groups in total. The molecule has 0 aliphatic carbocycles. The summed E-state index contributed by atoms with van der Waals surface area (Å²) in [4.78, 5) is 24.8. The SMILES string of the molecule is Cc1ncccc1-c1[nH]c2ccc(-c3sc(-c4ccccc4)nc3C)cc2c1CCOC=O. The van der Waals surface area contributed by atoms with Crippen LogP contribution in [-0.2, 0) is 16.0 Å². The largest absolute Gasteiger partial charge is 0.468 e. The Hall–Kier alpha value is -3.77. The van der Waals surface area contributed by atoms with Gasteiger partial charge in [0.2, 0.25) is 0 Å². The van der Waals surface area contributed by atoms with Crippen molar-refractivity contribution in [2.24, 2.45) is 0 Å². The maximum atomic E-state index is 10.8. The molecule has 5 nitrogen and oxygen atoms in total. The molecule has 0 fully saturated rings. The molecule has 0 saturated carbocycles. The quantitative estimate of drug-likeness (QED) is 0.230. The number of H-pyrrole nitrogens is 1. The van der Waals surface area contributed by atoms with E-state index in [4.69, 9.17) is 9.72 Å². The molecule has 0 bridgehead atoms. The first-order valence-corrected chi connectivity index (χ1v) is 11.6. The molecule has 0 radical (unpaired) electrons. The second kappa shape index (κ2) is 9.00. The summed E-state index contributed by atoms with van der Waals surface area (Å²) in [6, 6.07) is 20.7. The fourth-order valence-electron chi connectivity index (χ4n) is 4.20. The molecule has 0 amide bonds. The molecule has 164 valence electrons. The number of fused-ring (bicyclic) bond motifs is 1. The number of hydrogen-bond acceptors (Lipinski definition) is 5. The van der Waals surface area contributed by atoms with Crippen LogP contribution < -0.4 is 0 Å². The summed E-state index contributed by atoms with van der Waals surface area (Å²) in [6.07, 6.45) is 2.41. The van der Waals surface area contributed by atoms with Crippen LogP contribution in [-0.4, -0.2) is 28.0 Å². The fourth-order valence-corrected chi connectivity index (χ4v) is 5.27. The molecular weight excluding hydrogens is 430 g/mol. The number of rotatable bonds is 7. The van der Waals surface area contributed by atoms with Gasteiger partial charge < -0.3 is 9.72 Å². The number of aromatic nitrogens is 3. The molecule has 3 aromatic heterocycles. The first-order valence-electron chi connectivity index (χ1n) is 10.8. The normalized spacial score (nSPS) is 11.1. The lowest BCUT2D eigenvalue weighted by molar-refractivity contribution is -0.128. The zero-order chi connectivity index (χ0) is 22.8. The van der Waals surface area contributed by atoms with Crippen molar-refractivity contribution in [1.82, 2.24) is 15.0 Å². The Bertz CT molecular complexity index is 1440. The van der Waals surface area contributed by atoms with E-state index in [1.165, 1.54) is 0 Å². The van der Waals surface area contributed by atoms with Gasteiger partial charge in [-0.25, -0.2) is 4.98 Å². The van der Waals surface area contributed by atoms with Crippen LogP contribution in [0, 0.1) is 13.8 Å². The van der Waals surface area contributed by atoms with Crippen LogP contribution in [0.1, 0.15) is 17.0 Å². The third-order valence-corrected chi connectivity index (χ3v) is 7.06. The summed E-state index contributed by atoms with van der Waals surface area (Å²) in [5, 5.41) is 2.14. The molecule has 5 rings (SSSR count). The fraction of sp³-hybridized carbons (Fsp3) is 0.148. The molecule has 0 spiro atoms. The maximum Gasteiger partial charge on any atom is 0.293 e. The monoisotopic (exact) mass is 453 g/mol. The molecule has 0 aliphatic rings. The van der Waals surface area contributed by atoms with Crippen molar-refractivity contribution in [2.75, 3.05) is 6.61 Å². The number of carbonyl (C=O) groups excluding carboxylic acids is 1. The number of benzene rings is 2. The molecular formula is C27H23N3O2S. The highest BCUT2D eigenvalue weighted by atomic mass is 32.1. The Labute approximate surface area is 196 Å². The van der Waals surface area contributed by atoms with Crippen molar-refractivity contribution in [3.05, 3.63) is 83.8 Å². The van der Waals surface area contributed by atoms with Crippen LogP contribution in [0.2, 0.25) is 0 Å². The van der Waals surface area contributed by atoms with Crippen molar-refractivity contribution in [2.45, 2.75) is 20.3 Å². The van der Waals surface area contributed by atoms with E-state index in [-0.39, 0.29) is 0 Å². The van der Waals surface area contributed by atoms with Gasteiger partial charge in [0, 0.05) is 40.3 Å². The average molecular weight is 454 g/mol. The van der Waals surface area contributed by atoms with Gasteiger partial charge in [-0.05, 0) is 49.2 Å². The average Bonchev–Trinajstić information content (AvgIpc) is 3.40. The van der Waals surface area contributed by atoms with E-state index in [9.17, 15) is 4.79 Å². The van der Waals surface area contributed by atoms with Crippen LogP contribution in [0.25, 0.3) is 43.2 Å². The number of hydrogen-bond donors (Lipinski definition) is 1. The molecule has 33 heavy (non-hydrogen) atoms. The van der Waals surface area contributed by atoms with Crippen molar-refractivity contribution in [3.63, 3.8) is 0 Å². The van der Waals surface area contributed by atoms with Crippen LogP contribution in [0.3, 0.4) is 0 Å². The summed E-state index contributed by atoms with van der Waals surface area (Å²) in [6.45, 7) is 4.89. The van der Waals surface area contributed by atoms with Gasteiger partial charge in [-0.2, -0.15) is 0 Å². The molecule has 2 aromatic carbocycles. The van der Waals surface area contributed by atoms with Gasteiger partial charge in [0.05, 0.1) is 22.9 Å². The van der Waals surface area contributed by atoms with E-state index in [2.05, 4.69) is 53.3 Å². The highest BCUT2D eigenvalue weighted by Crippen LogP contribution is 2.39. The van der Waals surface area contributed by atoms with Gasteiger partial charge in [0.1, 0.15) is 5.01 Å². The third-order valence-electron chi connectivity index (χ3n) is 5.80. The van der Waals surface area contributed by atoms with E-state index in [1.807, 2.05) is 31.2 Å². The van der Waals surface area contributed by atoms with Crippen molar-refractivity contribution in [3.8, 4) is 32.3 Å². The first-order chi connectivity index (χ1) is 16.2. The minimum absolute atomic E-state index is 0.324. The molecule has 0 saturated heterocycles. The Balaban J connectivity index is 1.63. The number of nitrogens with one attached hydrogen (secondary N) is 1. The van der Waals surface area contributed by atoms with Gasteiger partial charge in [-0.15, -0.1) is 11.3 Å². The number of nitrogens with zero attached hydrogens (tertiary/aromatic N) is 2. The molecule has 0 unspecified atom stereocenters. The van der Waals surface area contributed by atoms with Gasteiger partial charge >= 0.3 is 0 Å². The van der Waals surface area contributed by atoms with Crippen LogP contribution in [0.15, 0.2) is 66.9 Å². The third kappa shape index (κ3) is 4.05.